The van der Waals surface area contributed by atoms with Crippen LogP contribution in [0.1, 0.15) is 22.3 Å². The Kier molecular flexibility index (Phi) is 3.91. The zero-order chi connectivity index (χ0) is 15.9. The summed E-state index contributed by atoms with van der Waals surface area (Å²) in [5, 5.41) is 0.387. The average molecular weight is 364 g/mol. The van der Waals surface area contributed by atoms with Crippen LogP contribution in [0.25, 0.3) is 11.1 Å². The predicted molar refractivity (Wildman–Crippen MR) is 88.1 cm³/mol. The van der Waals surface area contributed by atoms with E-state index in [4.69, 9.17) is 4.42 Å². The SMILES string of the molecule is Cc1ccc(Cn2c(=O)oc3ccc(CBr)c(F)c32)cc1C. The topological polar surface area (TPSA) is 35.1 Å². The molecule has 3 nitrogen and oxygen atoms in total. The van der Waals surface area contributed by atoms with Crippen molar-refractivity contribution in [3.05, 3.63) is 69.0 Å². The van der Waals surface area contributed by atoms with Crippen LogP contribution in [0.2, 0.25) is 0 Å². The minimum atomic E-state index is -0.543. The monoisotopic (exact) mass is 363 g/mol. The number of hydrogen-bond acceptors (Lipinski definition) is 2. The highest BCUT2D eigenvalue weighted by Gasteiger charge is 2.16. The van der Waals surface area contributed by atoms with E-state index >= 15 is 0 Å². The fourth-order valence-electron chi connectivity index (χ4n) is 2.49. The number of alkyl halides is 1. The molecule has 0 bridgehead atoms. The highest BCUT2D eigenvalue weighted by atomic mass is 79.9. The molecule has 0 aliphatic rings. The number of fused-ring (bicyclic) bond motifs is 1. The summed E-state index contributed by atoms with van der Waals surface area (Å²) in [5.74, 6) is -0.956. The van der Waals surface area contributed by atoms with Crippen LogP contribution in [0.5, 0.6) is 0 Å². The highest BCUT2D eigenvalue weighted by molar-refractivity contribution is 9.08. The molecule has 114 valence electrons. The van der Waals surface area contributed by atoms with Crippen LogP contribution in [0.4, 0.5) is 4.39 Å². The molecule has 0 unspecified atom stereocenters. The maximum atomic E-state index is 14.5. The number of benzene rings is 2. The van der Waals surface area contributed by atoms with E-state index in [0.717, 1.165) is 11.1 Å². The molecule has 5 heteroatoms. The molecule has 0 radical (unpaired) electrons. The normalized spacial score (nSPS) is 11.3. The zero-order valence-electron chi connectivity index (χ0n) is 12.3. The second-order valence-electron chi connectivity index (χ2n) is 5.39. The summed E-state index contributed by atoms with van der Waals surface area (Å²) in [6.45, 7) is 4.33. The molecule has 0 atom stereocenters. The van der Waals surface area contributed by atoms with Gasteiger partial charge in [-0.2, -0.15) is 0 Å². The van der Waals surface area contributed by atoms with Gasteiger partial charge in [0.05, 0.1) is 6.54 Å². The first-order valence-corrected chi connectivity index (χ1v) is 8.06. The molecular weight excluding hydrogens is 349 g/mol. The van der Waals surface area contributed by atoms with Gasteiger partial charge in [-0.15, -0.1) is 0 Å². The van der Waals surface area contributed by atoms with Crippen molar-refractivity contribution >= 4 is 27.0 Å². The summed E-state index contributed by atoms with van der Waals surface area (Å²) >= 11 is 3.25. The van der Waals surface area contributed by atoms with Gasteiger partial charge in [0.1, 0.15) is 5.52 Å². The van der Waals surface area contributed by atoms with Gasteiger partial charge >= 0.3 is 5.76 Å². The minimum Gasteiger partial charge on any atom is -0.408 e. The molecule has 1 heterocycles. The third-order valence-electron chi connectivity index (χ3n) is 3.90. The van der Waals surface area contributed by atoms with Crippen molar-refractivity contribution < 1.29 is 8.81 Å². The van der Waals surface area contributed by atoms with Gasteiger partial charge in [0, 0.05) is 10.9 Å². The van der Waals surface area contributed by atoms with Crippen LogP contribution < -0.4 is 5.76 Å². The van der Waals surface area contributed by atoms with Gasteiger partial charge in [-0.05, 0) is 36.6 Å². The van der Waals surface area contributed by atoms with Gasteiger partial charge in [0.25, 0.3) is 0 Å². The highest BCUT2D eigenvalue weighted by Crippen LogP contribution is 2.23. The van der Waals surface area contributed by atoms with E-state index in [1.807, 2.05) is 32.0 Å². The third kappa shape index (κ3) is 2.50. The first-order valence-electron chi connectivity index (χ1n) is 6.94. The Balaban J connectivity index is 2.15. The standard InChI is InChI=1S/C17H15BrFNO2/c1-10-3-4-12(7-11(10)2)9-20-16-14(22-17(20)21)6-5-13(8-18)15(16)19/h3-7H,8-9H2,1-2H3. The van der Waals surface area contributed by atoms with E-state index in [1.54, 1.807) is 12.1 Å². The number of halogens is 2. The minimum absolute atomic E-state index is 0.222. The fourth-order valence-corrected chi connectivity index (χ4v) is 2.93. The zero-order valence-corrected chi connectivity index (χ0v) is 13.9. The second kappa shape index (κ2) is 5.72. The van der Waals surface area contributed by atoms with Crippen LogP contribution in [-0.2, 0) is 11.9 Å². The molecule has 2 aromatic carbocycles. The Morgan fingerprint density at radius 2 is 1.95 bits per heavy atom. The molecule has 0 aliphatic heterocycles. The lowest BCUT2D eigenvalue weighted by atomic mass is 10.1. The summed E-state index contributed by atoms with van der Waals surface area (Å²) < 4.78 is 21.0. The molecule has 22 heavy (non-hydrogen) atoms. The molecular formula is C17H15BrFNO2. The first kappa shape index (κ1) is 15.0. The molecule has 3 aromatic rings. The summed E-state index contributed by atoms with van der Waals surface area (Å²) in [5.41, 5.74) is 4.26. The average Bonchev–Trinajstić information content (AvgIpc) is 2.80. The molecule has 0 fully saturated rings. The van der Waals surface area contributed by atoms with E-state index in [-0.39, 0.29) is 17.6 Å². The Morgan fingerprint density at radius 1 is 1.18 bits per heavy atom. The van der Waals surface area contributed by atoms with Gasteiger partial charge in [-0.3, -0.25) is 4.57 Å². The van der Waals surface area contributed by atoms with Crippen molar-refractivity contribution in [2.24, 2.45) is 0 Å². The smallest absolute Gasteiger partial charge is 0.408 e. The molecule has 1 aromatic heterocycles. The first-order chi connectivity index (χ1) is 10.5. The van der Waals surface area contributed by atoms with Gasteiger partial charge < -0.3 is 4.42 Å². The molecule has 0 saturated carbocycles. The molecule has 0 aliphatic carbocycles. The van der Waals surface area contributed by atoms with Crippen LogP contribution >= 0.6 is 15.9 Å². The number of aromatic nitrogens is 1. The van der Waals surface area contributed by atoms with Crippen molar-refractivity contribution in [3.63, 3.8) is 0 Å². The number of oxazole rings is 1. The molecule has 0 amide bonds. The molecule has 0 N–H and O–H groups in total. The number of aryl methyl sites for hydroxylation is 2. The van der Waals surface area contributed by atoms with Crippen LogP contribution in [0.15, 0.2) is 39.5 Å². The quantitative estimate of drug-likeness (QED) is 0.650. The predicted octanol–water partition coefficient (Wildman–Crippen LogP) is 4.29. The van der Waals surface area contributed by atoms with Gasteiger partial charge in [-0.25, -0.2) is 9.18 Å². The molecule has 0 spiro atoms. The maximum Gasteiger partial charge on any atom is 0.420 e. The van der Waals surface area contributed by atoms with Crippen molar-refractivity contribution in [3.8, 4) is 0 Å². The Labute approximate surface area is 135 Å². The largest absolute Gasteiger partial charge is 0.420 e. The van der Waals surface area contributed by atoms with Crippen LogP contribution in [-0.4, -0.2) is 4.57 Å². The maximum absolute atomic E-state index is 14.5. The summed E-state index contributed by atoms with van der Waals surface area (Å²) in [7, 11) is 0. The van der Waals surface area contributed by atoms with Gasteiger partial charge in [0.15, 0.2) is 11.4 Å². The third-order valence-corrected chi connectivity index (χ3v) is 4.51. The lowest BCUT2D eigenvalue weighted by Crippen LogP contribution is -2.15. The van der Waals surface area contributed by atoms with E-state index in [1.165, 1.54) is 10.1 Å². The van der Waals surface area contributed by atoms with Crippen molar-refractivity contribution in [1.29, 1.82) is 0 Å². The van der Waals surface area contributed by atoms with Crippen LogP contribution in [0, 0.1) is 19.7 Å². The van der Waals surface area contributed by atoms with Crippen LogP contribution in [0.3, 0.4) is 0 Å². The van der Waals surface area contributed by atoms with E-state index in [2.05, 4.69) is 15.9 Å². The Bertz CT molecular complexity index is 911. The number of rotatable bonds is 3. The summed E-state index contributed by atoms with van der Waals surface area (Å²) in [6, 6.07) is 9.20. The summed E-state index contributed by atoms with van der Waals surface area (Å²) in [6.07, 6.45) is 0. The Hall–Kier alpha value is -1.88. The fraction of sp³-hybridized carbons (Fsp3) is 0.235. The van der Waals surface area contributed by atoms with E-state index in [0.29, 0.717) is 10.9 Å². The number of hydrogen-bond donors (Lipinski definition) is 0. The van der Waals surface area contributed by atoms with Gasteiger partial charge in [-0.1, -0.05) is 40.2 Å². The lowest BCUT2D eigenvalue weighted by molar-refractivity contribution is 0.517. The lowest BCUT2D eigenvalue weighted by Gasteiger charge is -2.07. The van der Waals surface area contributed by atoms with Gasteiger partial charge in [0.2, 0.25) is 0 Å². The number of nitrogens with zero attached hydrogens (tertiary/aromatic N) is 1. The molecule has 0 saturated heterocycles. The van der Waals surface area contributed by atoms with Crippen molar-refractivity contribution in [2.45, 2.75) is 25.7 Å². The van der Waals surface area contributed by atoms with Crippen molar-refractivity contribution in [1.82, 2.24) is 4.57 Å². The van der Waals surface area contributed by atoms with E-state index < -0.39 is 11.6 Å². The van der Waals surface area contributed by atoms with Crippen molar-refractivity contribution in [2.75, 3.05) is 0 Å². The summed E-state index contributed by atoms with van der Waals surface area (Å²) in [4.78, 5) is 12.1. The van der Waals surface area contributed by atoms with E-state index in [9.17, 15) is 9.18 Å². The molecule has 3 rings (SSSR count). The second-order valence-corrected chi connectivity index (χ2v) is 5.95. The Morgan fingerprint density at radius 3 is 2.64 bits per heavy atom.